The van der Waals surface area contributed by atoms with Gasteiger partial charge in [-0.3, -0.25) is 4.79 Å². The molecule has 1 aromatic rings. The zero-order chi connectivity index (χ0) is 12.7. The smallest absolute Gasteiger partial charge is 0.220 e. The summed E-state index contributed by atoms with van der Waals surface area (Å²) >= 11 is 1.62. The summed E-state index contributed by atoms with van der Waals surface area (Å²) in [6.07, 6.45) is 2.81. The number of hydrogen-bond donors (Lipinski definition) is 2. The number of amides is 1. The predicted molar refractivity (Wildman–Crippen MR) is 72.2 cm³/mol. The van der Waals surface area contributed by atoms with E-state index in [-0.39, 0.29) is 5.91 Å². The Balaban J connectivity index is 2.52. The van der Waals surface area contributed by atoms with Gasteiger partial charge < -0.3 is 10.4 Å². The fraction of sp³-hybridized carbons (Fsp3) is 0.462. The molecule has 0 radical (unpaired) electrons. The van der Waals surface area contributed by atoms with Crippen LogP contribution in [0, 0.1) is 0 Å². The maximum Gasteiger partial charge on any atom is 0.220 e. The highest BCUT2D eigenvalue weighted by Gasteiger charge is 2.06. The Hall–Kier alpha value is -1.00. The third-order valence-corrected chi connectivity index (χ3v) is 3.26. The Morgan fingerprint density at radius 1 is 1.41 bits per heavy atom. The second-order valence-corrected chi connectivity index (χ2v) is 4.80. The van der Waals surface area contributed by atoms with Crippen molar-refractivity contribution in [3.8, 4) is 0 Å². The number of carbonyl (C=O) groups excluding carboxylic acids is 1. The maximum absolute atomic E-state index is 11.1. The highest BCUT2D eigenvalue weighted by molar-refractivity contribution is 7.98. The van der Waals surface area contributed by atoms with Gasteiger partial charge in [-0.2, -0.15) is 11.8 Å². The van der Waals surface area contributed by atoms with Gasteiger partial charge in [0.1, 0.15) is 0 Å². The molecule has 1 aromatic carbocycles. The van der Waals surface area contributed by atoms with Gasteiger partial charge in [0.05, 0.1) is 6.10 Å². The number of aliphatic hydroxyl groups is 1. The quantitative estimate of drug-likeness (QED) is 0.812. The summed E-state index contributed by atoms with van der Waals surface area (Å²) in [5, 5.41) is 12.4. The van der Waals surface area contributed by atoms with Crippen molar-refractivity contribution in [3.05, 3.63) is 35.4 Å². The van der Waals surface area contributed by atoms with Crippen LogP contribution in [0.25, 0.3) is 0 Å². The monoisotopic (exact) mass is 253 g/mol. The first-order valence-electron chi connectivity index (χ1n) is 5.63. The molecule has 0 aliphatic heterocycles. The summed E-state index contributed by atoms with van der Waals surface area (Å²) in [6, 6.07) is 7.81. The van der Waals surface area contributed by atoms with E-state index in [0.29, 0.717) is 12.2 Å². The van der Waals surface area contributed by atoms with Crippen LogP contribution in [0.1, 0.15) is 23.7 Å². The molecule has 0 aromatic heterocycles. The second kappa shape index (κ2) is 7.35. The Morgan fingerprint density at radius 3 is 2.59 bits per heavy atom. The lowest BCUT2D eigenvalue weighted by Crippen LogP contribution is -2.17. The molecule has 0 saturated heterocycles. The third-order valence-electron chi connectivity index (χ3n) is 2.61. The van der Waals surface area contributed by atoms with Gasteiger partial charge in [0.2, 0.25) is 5.91 Å². The number of aryl methyl sites for hydroxylation is 1. The molecule has 94 valence electrons. The van der Waals surface area contributed by atoms with Crippen LogP contribution < -0.4 is 5.32 Å². The van der Waals surface area contributed by atoms with Gasteiger partial charge in [-0.05, 0) is 23.8 Å². The van der Waals surface area contributed by atoms with Crippen LogP contribution in [0.3, 0.4) is 0 Å². The van der Waals surface area contributed by atoms with Gasteiger partial charge in [-0.25, -0.2) is 0 Å². The minimum atomic E-state index is -0.405. The predicted octanol–water partition coefficient (Wildman–Crippen LogP) is 1.76. The highest BCUT2D eigenvalue weighted by Crippen LogP contribution is 2.17. The standard InChI is InChI=1S/C13H19NO2S/c1-14-13(16)8-5-10-3-6-11(7-4-10)12(15)9-17-2/h3-4,6-7,12,15H,5,8-9H2,1-2H3,(H,14,16). The molecule has 0 bridgehead atoms. The fourth-order valence-electron chi connectivity index (χ4n) is 1.54. The van der Waals surface area contributed by atoms with E-state index in [2.05, 4.69) is 5.32 Å². The van der Waals surface area contributed by atoms with Gasteiger partial charge in [-0.1, -0.05) is 24.3 Å². The Morgan fingerprint density at radius 2 is 2.06 bits per heavy atom. The first-order valence-corrected chi connectivity index (χ1v) is 7.03. The van der Waals surface area contributed by atoms with Crippen LogP contribution in [0.2, 0.25) is 0 Å². The lowest BCUT2D eigenvalue weighted by Gasteiger charge is -2.10. The van der Waals surface area contributed by atoms with E-state index >= 15 is 0 Å². The number of nitrogens with one attached hydrogen (secondary N) is 1. The van der Waals surface area contributed by atoms with E-state index < -0.39 is 6.10 Å². The Labute approximate surface area is 107 Å². The Kier molecular flexibility index (Phi) is 6.08. The second-order valence-electron chi connectivity index (χ2n) is 3.89. The molecule has 2 N–H and O–H groups in total. The van der Waals surface area contributed by atoms with Crippen molar-refractivity contribution in [2.24, 2.45) is 0 Å². The van der Waals surface area contributed by atoms with Crippen molar-refractivity contribution in [2.75, 3.05) is 19.1 Å². The summed E-state index contributed by atoms with van der Waals surface area (Å²) in [7, 11) is 1.64. The summed E-state index contributed by atoms with van der Waals surface area (Å²) in [6.45, 7) is 0. The van der Waals surface area contributed by atoms with Crippen LogP contribution in [0.4, 0.5) is 0 Å². The minimum absolute atomic E-state index is 0.0523. The van der Waals surface area contributed by atoms with Gasteiger partial charge in [0.25, 0.3) is 0 Å². The number of aliphatic hydroxyl groups excluding tert-OH is 1. The van der Waals surface area contributed by atoms with Crippen LogP contribution in [-0.4, -0.2) is 30.1 Å². The lowest BCUT2D eigenvalue weighted by atomic mass is 10.0. The van der Waals surface area contributed by atoms with E-state index in [1.54, 1.807) is 18.8 Å². The van der Waals surface area contributed by atoms with Gasteiger partial charge in [0, 0.05) is 19.2 Å². The van der Waals surface area contributed by atoms with Crippen molar-refractivity contribution in [2.45, 2.75) is 18.9 Å². The van der Waals surface area contributed by atoms with Crippen molar-refractivity contribution < 1.29 is 9.90 Å². The summed E-state index contributed by atoms with van der Waals surface area (Å²) in [5.41, 5.74) is 2.05. The molecule has 0 aliphatic carbocycles. The van der Waals surface area contributed by atoms with Crippen molar-refractivity contribution in [1.82, 2.24) is 5.32 Å². The third kappa shape index (κ3) is 4.79. The van der Waals surface area contributed by atoms with E-state index in [1.807, 2.05) is 30.5 Å². The molecule has 1 rings (SSSR count). The average Bonchev–Trinajstić information content (AvgIpc) is 2.36. The molecule has 0 fully saturated rings. The molecular formula is C13H19NO2S. The summed E-state index contributed by atoms with van der Waals surface area (Å²) < 4.78 is 0. The first-order chi connectivity index (χ1) is 8.17. The van der Waals surface area contributed by atoms with E-state index in [9.17, 15) is 9.90 Å². The molecule has 1 atom stereocenters. The largest absolute Gasteiger partial charge is 0.388 e. The van der Waals surface area contributed by atoms with Gasteiger partial charge in [-0.15, -0.1) is 0 Å². The number of rotatable bonds is 6. The van der Waals surface area contributed by atoms with Crippen LogP contribution in [-0.2, 0) is 11.2 Å². The zero-order valence-corrected chi connectivity index (χ0v) is 11.1. The molecule has 0 spiro atoms. The van der Waals surface area contributed by atoms with E-state index in [0.717, 1.165) is 17.5 Å². The van der Waals surface area contributed by atoms with Crippen LogP contribution >= 0.6 is 11.8 Å². The molecule has 1 amide bonds. The molecule has 3 nitrogen and oxygen atoms in total. The highest BCUT2D eigenvalue weighted by atomic mass is 32.2. The number of hydrogen-bond acceptors (Lipinski definition) is 3. The maximum atomic E-state index is 11.1. The minimum Gasteiger partial charge on any atom is -0.388 e. The van der Waals surface area contributed by atoms with Crippen molar-refractivity contribution >= 4 is 17.7 Å². The topological polar surface area (TPSA) is 49.3 Å². The van der Waals surface area contributed by atoms with E-state index in [4.69, 9.17) is 0 Å². The van der Waals surface area contributed by atoms with Gasteiger partial charge in [0.15, 0.2) is 0 Å². The van der Waals surface area contributed by atoms with E-state index in [1.165, 1.54) is 0 Å². The van der Waals surface area contributed by atoms with Crippen molar-refractivity contribution in [1.29, 1.82) is 0 Å². The molecule has 1 unspecified atom stereocenters. The molecule has 0 saturated carbocycles. The van der Waals surface area contributed by atoms with Crippen LogP contribution in [0.5, 0.6) is 0 Å². The van der Waals surface area contributed by atoms with Crippen molar-refractivity contribution in [3.63, 3.8) is 0 Å². The zero-order valence-electron chi connectivity index (χ0n) is 10.3. The lowest BCUT2D eigenvalue weighted by molar-refractivity contribution is -0.120. The Bertz CT molecular complexity index is 351. The number of thioether (sulfide) groups is 1. The summed E-state index contributed by atoms with van der Waals surface area (Å²) in [4.78, 5) is 11.1. The average molecular weight is 253 g/mol. The molecular weight excluding hydrogens is 234 g/mol. The normalized spacial score (nSPS) is 12.2. The van der Waals surface area contributed by atoms with Crippen LogP contribution in [0.15, 0.2) is 24.3 Å². The molecule has 0 aliphatic rings. The first kappa shape index (κ1) is 14.1. The molecule has 17 heavy (non-hydrogen) atoms. The molecule has 4 heteroatoms. The van der Waals surface area contributed by atoms with Gasteiger partial charge >= 0.3 is 0 Å². The summed E-state index contributed by atoms with van der Waals surface area (Å²) in [5.74, 6) is 0.758. The number of benzene rings is 1. The molecule has 0 heterocycles. The SMILES string of the molecule is CNC(=O)CCc1ccc(C(O)CSC)cc1. The number of carbonyl (C=O) groups is 1. The fourth-order valence-corrected chi connectivity index (χ4v) is 2.05.